The third-order valence-electron chi connectivity index (χ3n) is 1.31. The molecule has 0 aromatic heterocycles. The maximum atomic E-state index is 10.8. The molecule has 3 nitrogen and oxygen atoms in total. The van der Waals surface area contributed by atoms with Crippen molar-refractivity contribution in [3.05, 3.63) is 0 Å². The van der Waals surface area contributed by atoms with Gasteiger partial charge in [0.2, 0.25) is 0 Å². The van der Waals surface area contributed by atoms with Gasteiger partial charge in [0.15, 0.2) is 0 Å². The molecule has 0 aliphatic rings. The van der Waals surface area contributed by atoms with Crippen molar-refractivity contribution in [3.8, 4) is 0 Å². The Bertz CT molecular complexity index is 182. The van der Waals surface area contributed by atoms with Crippen LogP contribution in [0, 0.1) is 5.92 Å². The van der Waals surface area contributed by atoms with Gasteiger partial charge in [0.05, 0.1) is 12.4 Å². The van der Waals surface area contributed by atoms with Gasteiger partial charge in [0.1, 0.15) is 0 Å². The zero-order valence-electron chi connectivity index (χ0n) is 7.33. The minimum Gasteiger partial charge on any atom is -0.270 e. The minimum absolute atomic E-state index is 0.0606. The molecule has 0 heterocycles. The molecule has 11 heavy (non-hydrogen) atoms. The highest BCUT2D eigenvalue weighted by molar-refractivity contribution is 7.86. The highest BCUT2D eigenvalue weighted by atomic mass is 32.2. The van der Waals surface area contributed by atoms with E-state index in [-0.39, 0.29) is 5.75 Å². The molecule has 4 heteroatoms. The smallest absolute Gasteiger partial charge is 0.267 e. The molecular weight excluding hydrogens is 164 g/mol. The van der Waals surface area contributed by atoms with Crippen LogP contribution in [0.1, 0.15) is 27.2 Å². The van der Waals surface area contributed by atoms with Crippen molar-refractivity contribution in [1.82, 2.24) is 0 Å². The van der Waals surface area contributed by atoms with Crippen LogP contribution in [-0.4, -0.2) is 20.8 Å². The van der Waals surface area contributed by atoms with E-state index in [0.29, 0.717) is 12.5 Å². The van der Waals surface area contributed by atoms with Crippen LogP contribution < -0.4 is 0 Å². The highest BCUT2D eigenvalue weighted by Gasteiger charge is 2.06. The molecule has 0 saturated heterocycles. The van der Waals surface area contributed by atoms with Gasteiger partial charge in [-0.15, -0.1) is 0 Å². The van der Waals surface area contributed by atoms with Crippen molar-refractivity contribution in [1.29, 1.82) is 0 Å². The first-order valence-corrected chi connectivity index (χ1v) is 5.42. The number of hydrogen-bond acceptors (Lipinski definition) is 3. The summed E-state index contributed by atoms with van der Waals surface area (Å²) < 4.78 is 26.2. The molecular formula is C7H16O3S. The fourth-order valence-corrected chi connectivity index (χ4v) is 1.01. The van der Waals surface area contributed by atoms with Gasteiger partial charge >= 0.3 is 0 Å². The summed E-state index contributed by atoms with van der Waals surface area (Å²) in [6.07, 6.45) is 0.791. The molecule has 68 valence electrons. The number of hydrogen-bond donors (Lipinski definition) is 0. The molecule has 0 spiro atoms. The SMILES string of the molecule is CCS(=O)(=O)OCCC(C)C. The maximum absolute atomic E-state index is 10.8. The van der Waals surface area contributed by atoms with Crippen molar-refractivity contribution in [2.24, 2.45) is 5.92 Å². The lowest BCUT2D eigenvalue weighted by atomic mass is 10.2. The molecule has 0 bridgehead atoms. The van der Waals surface area contributed by atoms with Gasteiger partial charge < -0.3 is 0 Å². The lowest BCUT2D eigenvalue weighted by Gasteiger charge is -2.04. The maximum Gasteiger partial charge on any atom is 0.267 e. The second-order valence-electron chi connectivity index (χ2n) is 2.85. The first-order valence-electron chi connectivity index (χ1n) is 3.85. The Balaban J connectivity index is 3.55. The summed E-state index contributed by atoms with van der Waals surface area (Å²) in [6, 6.07) is 0. The minimum atomic E-state index is -3.22. The standard InChI is InChI=1S/C7H16O3S/c1-4-11(8,9)10-6-5-7(2)3/h7H,4-6H2,1-3H3. The normalized spacial score (nSPS) is 12.4. The van der Waals surface area contributed by atoms with Crippen molar-refractivity contribution >= 4 is 10.1 Å². The van der Waals surface area contributed by atoms with Gasteiger partial charge in [-0.3, -0.25) is 4.18 Å². The molecule has 0 fully saturated rings. The largest absolute Gasteiger partial charge is 0.270 e. The summed E-state index contributed by atoms with van der Waals surface area (Å²) >= 11 is 0. The van der Waals surface area contributed by atoms with Crippen LogP contribution in [0.25, 0.3) is 0 Å². The monoisotopic (exact) mass is 180 g/mol. The molecule has 0 aliphatic carbocycles. The van der Waals surface area contributed by atoms with E-state index in [4.69, 9.17) is 0 Å². The van der Waals surface area contributed by atoms with Crippen LogP contribution in [0.15, 0.2) is 0 Å². The Kier molecular flexibility index (Phi) is 4.68. The molecule has 0 aromatic carbocycles. The highest BCUT2D eigenvalue weighted by Crippen LogP contribution is 2.01. The second kappa shape index (κ2) is 4.72. The van der Waals surface area contributed by atoms with Crippen LogP contribution in [0.5, 0.6) is 0 Å². The summed E-state index contributed by atoms with van der Waals surface area (Å²) in [7, 11) is -3.22. The van der Waals surface area contributed by atoms with Gasteiger partial charge in [-0.05, 0) is 19.3 Å². The number of rotatable bonds is 5. The topological polar surface area (TPSA) is 43.4 Å². The molecule has 0 atom stereocenters. The van der Waals surface area contributed by atoms with Gasteiger partial charge in [-0.25, -0.2) is 0 Å². The average Bonchev–Trinajstić information content (AvgIpc) is 1.87. The van der Waals surface area contributed by atoms with Crippen LogP contribution in [-0.2, 0) is 14.3 Å². The third kappa shape index (κ3) is 6.31. The van der Waals surface area contributed by atoms with Crippen molar-refractivity contribution < 1.29 is 12.6 Å². The lowest BCUT2D eigenvalue weighted by Crippen LogP contribution is -2.10. The van der Waals surface area contributed by atoms with E-state index in [1.807, 2.05) is 13.8 Å². The van der Waals surface area contributed by atoms with Crippen LogP contribution >= 0.6 is 0 Å². The van der Waals surface area contributed by atoms with E-state index in [1.54, 1.807) is 6.92 Å². The molecule has 0 rings (SSSR count). The van der Waals surface area contributed by atoms with Crippen LogP contribution in [0.3, 0.4) is 0 Å². The predicted molar refractivity (Wildman–Crippen MR) is 44.9 cm³/mol. The summed E-state index contributed by atoms with van der Waals surface area (Å²) in [5.41, 5.74) is 0. The summed E-state index contributed by atoms with van der Waals surface area (Å²) in [6.45, 7) is 5.95. The fourth-order valence-electron chi connectivity index (χ4n) is 0.494. The lowest BCUT2D eigenvalue weighted by molar-refractivity contribution is 0.293. The molecule has 0 unspecified atom stereocenters. The third-order valence-corrected chi connectivity index (χ3v) is 2.54. The zero-order chi connectivity index (χ0) is 8.91. The van der Waals surface area contributed by atoms with E-state index < -0.39 is 10.1 Å². The molecule has 0 saturated carbocycles. The summed E-state index contributed by atoms with van der Waals surface area (Å²) in [5, 5.41) is 0. The molecule has 0 aliphatic heterocycles. The van der Waals surface area contributed by atoms with E-state index >= 15 is 0 Å². The summed E-state index contributed by atoms with van der Waals surface area (Å²) in [4.78, 5) is 0. The first-order chi connectivity index (χ1) is 4.98. The van der Waals surface area contributed by atoms with Crippen LogP contribution in [0.4, 0.5) is 0 Å². The quantitative estimate of drug-likeness (QED) is 0.601. The van der Waals surface area contributed by atoms with Gasteiger partial charge in [-0.2, -0.15) is 8.42 Å². The Hall–Kier alpha value is -0.0900. The Labute approximate surface area is 68.9 Å². The average molecular weight is 180 g/mol. The van der Waals surface area contributed by atoms with Crippen molar-refractivity contribution in [2.75, 3.05) is 12.4 Å². The van der Waals surface area contributed by atoms with E-state index in [2.05, 4.69) is 4.18 Å². The molecule has 0 N–H and O–H groups in total. The molecule has 0 radical (unpaired) electrons. The van der Waals surface area contributed by atoms with Gasteiger partial charge in [0, 0.05) is 0 Å². The fraction of sp³-hybridized carbons (Fsp3) is 1.00. The molecule has 0 aromatic rings. The Morgan fingerprint density at radius 2 is 1.91 bits per heavy atom. The zero-order valence-corrected chi connectivity index (χ0v) is 8.15. The summed E-state index contributed by atoms with van der Waals surface area (Å²) in [5.74, 6) is 0.549. The van der Waals surface area contributed by atoms with E-state index in [1.165, 1.54) is 0 Å². The Morgan fingerprint density at radius 1 is 1.36 bits per heavy atom. The van der Waals surface area contributed by atoms with E-state index in [9.17, 15) is 8.42 Å². The van der Waals surface area contributed by atoms with Gasteiger partial charge in [0.25, 0.3) is 10.1 Å². The van der Waals surface area contributed by atoms with Gasteiger partial charge in [-0.1, -0.05) is 13.8 Å². The van der Waals surface area contributed by atoms with Crippen LogP contribution in [0.2, 0.25) is 0 Å². The van der Waals surface area contributed by atoms with Crippen molar-refractivity contribution in [2.45, 2.75) is 27.2 Å². The first kappa shape index (κ1) is 10.9. The Morgan fingerprint density at radius 3 is 2.27 bits per heavy atom. The predicted octanol–water partition coefficient (Wildman–Crippen LogP) is 1.40. The van der Waals surface area contributed by atoms with Crippen molar-refractivity contribution in [3.63, 3.8) is 0 Å². The second-order valence-corrected chi connectivity index (χ2v) is 4.78. The van der Waals surface area contributed by atoms with E-state index in [0.717, 1.165) is 6.42 Å². The molecule has 0 amide bonds.